The Morgan fingerprint density at radius 2 is 2.26 bits per heavy atom. The van der Waals surface area contributed by atoms with Gasteiger partial charge in [-0.1, -0.05) is 6.92 Å². The van der Waals surface area contributed by atoms with Gasteiger partial charge >= 0.3 is 0 Å². The topological polar surface area (TPSA) is 98.3 Å². The maximum absolute atomic E-state index is 13.6. The third-order valence-electron chi connectivity index (χ3n) is 3.40. The van der Waals surface area contributed by atoms with Gasteiger partial charge in [0.25, 0.3) is 11.6 Å². The molecule has 6 nitrogen and oxygen atoms in total. The first-order valence-electron chi connectivity index (χ1n) is 5.92. The van der Waals surface area contributed by atoms with Crippen molar-refractivity contribution in [1.82, 2.24) is 5.32 Å². The first kappa shape index (κ1) is 13.3. The Balaban J connectivity index is 2.20. The van der Waals surface area contributed by atoms with Crippen LogP contribution in [-0.2, 0) is 0 Å². The number of carbonyl (C=O) groups is 1. The highest BCUT2D eigenvalue weighted by molar-refractivity contribution is 6.01. The van der Waals surface area contributed by atoms with E-state index in [2.05, 4.69) is 12.2 Å². The van der Waals surface area contributed by atoms with E-state index < -0.39 is 33.6 Å². The van der Waals surface area contributed by atoms with Gasteiger partial charge in [-0.2, -0.15) is 0 Å². The summed E-state index contributed by atoms with van der Waals surface area (Å²) >= 11 is 0. The number of nitrogens with two attached hydrogens (primary N) is 1. The van der Waals surface area contributed by atoms with E-state index in [1.54, 1.807) is 0 Å². The number of benzene rings is 1. The van der Waals surface area contributed by atoms with E-state index in [9.17, 15) is 19.3 Å². The fourth-order valence-electron chi connectivity index (χ4n) is 1.97. The number of carbonyl (C=O) groups excluding carboxylic acids is 1. The summed E-state index contributed by atoms with van der Waals surface area (Å²) in [6.45, 7) is 2.49. The predicted molar refractivity (Wildman–Crippen MR) is 67.1 cm³/mol. The van der Waals surface area contributed by atoms with Gasteiger partial charge in [-0.05, 0) is 24.3 Å². The molecule has 1 aliphatic carbocycles. The SMILES string of the molecule is CC1CC1CNC(=O)c1c(F)ccc([N+](=O)[O-])c1N. The van der Waals surface area contributed by atoms with Gasteiger partial charge in [0.2, 0.25) is 0 Å². The van der Waals surface area contributed by atoms with Crippen molar-refractivity contribution in [2.75, 3.05) is 12.3 Å². The highest BCUT2D eigenvalue weighted by Crippen LogP contribution is 2.37. The van der Waals surface area contributed by atoms with Gasteiger partial charge in [-0.25, -0.2) is 4.39 Å². The fourth-order valence-corrected chi connectivity index (χ4v) is 1.97. The highest BCUT2D eigenvalue weighted by atomic mass is 19.1. The molecule has 1 saturated carbocycles. The molecule has 2 atom stereocenters. The zero-order chi connectivity index (χ0) is 14.2. The Kier molecular flexibility index (Phi) is 3.37. The van der Waals surface area contributed by atoms with Crippen LogP contribution in [0.4, 0.5) is 15.8 Å². The van der Waals surface area contributed by atoms with E-state index in [1.807, 2.05) is 0 Å². The summed E-state index contributed by atoms with van der Waals surface area (Å²) in [6.07, 6.45) is 1.02. The number of nitrogen functional groups attached to an aromatic ring is 1. The van der Waals surface area contributed by atoms with Crippen LogP contribution >= 0.6 is 0 Å². The van der Waals surface area contributed by atoms with Crippen LogP contribution in [0.3, 0.4) is 0 Å². The second-order valence-electron chi connectivity index (χ2n) is 4.80. The zero-order valence-corrected chi connectivity index (χ0v) is 10.4. The van der Waals surface area contributed by atoms with Crippen LogP contribution < -0.4 is 11.1 Å². The average molecular weight is 267 g/mol. The maximum Gasteiger partial charge on any atom is 0.293 e. The normalized spacial score (nSPS) is 20.9. The molecule has 2 rings (SSSR count). The molecule has 1 aliphatic rings. The molecule has 7 heteroatoms. The van der Waals surface area contributed by atoms with E-state index >= 15 is 0 Å². The molecule has 3 N–H and O–H groups in total. The number of hydrogen-bond acceptors (Lipinski definition) is 4. The summed E-state index contributed by atoms with van der Waals surface area (Å²) in [4.78, 5) is 21.8. The average Bonchev–Trinajstić information content (AvgIpc) is 3.02. The smallest absolute Gasteiger partial charge is 0.293 e. The summed E-state index contributed by atoms with van der Waals surface area (Å²) in [5.74, 6) is -0.623. The van der Waals surface area contributed by atoms with Gasteiger partial charge < -0.3 is 11.1 Å². The van der Waals surface area contributed by atoms with E-state index in [0.717, 1.165) is 18.6 Å². The Labute approximate surface area is 108 Å². The van der Waals surface area contributed by atoms with E-state index in [4.69, 9.17) is 5.73 Å². The van der Waals surface area contributed by atoms with E-state index in [1.165, 1.54) is 0 Å². The molecule has 1 fully saturated rings. The summed E-state index contributed by atoms with van der Waals surface area (Å²) in [7, 11) is 0. The van der Waals surface area contributed by atoms with E-state index in [-0.39, 0.29) is 0 Å². The molecule has 2 unspecified atom stereocenters. The molecule has 0 saturated heterocycles. The maximum atomic E-state index is 13.6. The minimum Gasteiger partial charge on any atom is -0.392 e. The Morgan fingerprint density at radius 1 is 1.63 bits per heavy atom. The van der Waals surface area contributed by atoms with Gasteiger partial charge in [0.1, 0.15) is 17.1 Å². The van der Waals surface area contributed by atoms with Crippen molar-refractivity contribution >= 4 is 17.3 Å². The summed E-state index contributed by atoms with van der Waals surface area (Å²) in [5.41, 5.74) is 4.13. The third kappa shape index (κ3) is 2.64. The molecular formula is C12H14FN3O3. The lowest BCUT2D eigenvalue weighted by atomic mass is 10.1. The Morgan fingerprint density at radius 3 is 2.79 bits per heavy atom. The zero-order valence-electron chi connectivity index (χ0n) is 10.4. The number of hydrogen-bond donors (Lipinski definition) is 2. The Bertz CT molecular complexity index is 547. The summed E-state index contributed by atoms with van der Waals surface area (Å²) in [5, 5.41) is 13.3. The lowest BCUT2D eigenvalue weighted by Crippen LogP contribution is -2.28. The quantitative estimate of drug-likeness (QED) is 0.492. The van der Waals surface area contributed by atoms with Crippen molar-refractivity contribution in [3.63, 3.8) is 0 Å². The van der Waals surface area contributed by atoms with Crippen LogP contribution in [0.2, 0.25) is 0 Å². The first-order valence-corrected chi connectivity index (χ1v) is 5.92. The molecule has 1 aromatic rings. The monoisotopic (exact) mass is 267 g/mol. The van der Waals surface area contributed by atoms with Gasteiger partial charge in [0.05, 0.1) is 4.92 Å². The molecule has 0 aliphatic heterocycles. The largest absolute Gasteiger partial charge is 0.392 e. The van der Waals surface area contributed by atoms with Gasteiger partial charge in [0, 0.05) is 12.6 Å². The molecule has 102 valence electrons. The fraction of sp³-hybridized carbons (Fsp3) is 0.417. The third-order valence-corrected chi connectivity index (χ3v) is 3.40. The molecular weight excluding hydrogens is 253 g/mol. The van der Waals surface area contributed by atoms with Crippen molar-refractivity contribution in [2.24, 2.45) is 11.8 Å². The van der Waals surface area contributed by atoms with Crippen LogP contribution in [0.25, 0.3) is 0 Å². The number of rotatable bonds is 4. The number of nitrogens with zero attached hydrogens (tertiary/aromatic N) is 1. The molecule has 0 radical (unpaired) electrons. The number of amides is 1. The van der Waals surface area contributed by atoms with Crippen molar-refractivity contribution in [2.45, 2.75) is 13.3 Å². The molecule has 0 spiro atoms. The highest BCUT2D eigenvalue weighted by Gasteiger charge is 2.33. The van der Waals surface area contributed by atoms with Gasteiger partial charge in [-0.3, -0.25) is 14.9 Å². The minimum absolute atomic E-state index is 0.395. The van der Waals surface area contributed by atoms with Crippen LogP contribution in [0, 0.1) is 27.8 Å². The number of nitrogens with one attached hydrogen (secondary N) is 1. The Hall–Kier alpha value is -2.18. The molecule has 0 bridgehead atoms. The van der Waals surface area contributed by atoms with Crippen molar-refractivity contribution < 1.29 is 14.1 Å². The lowest BCUT2D eigenvalue weighted by Gasteiger charge is -2.08. The predicted octanol–water partition coefficient (Wildman–Crippen LogP) is 1.70. The number of nitro groups is 1. The summed E-state index contributed by atoms with van der Waals surface area (Å²) < 4.78 is 13.6. The van der Waals surface area contributed by atoms with Crippen LogP contribution in [0.1, 0.15) is 23.7 Å². The van der Waals surface area contributed by atoms with Crippen molar-refractivity contribution in [3.8, 4) is 0 Å². The molecule has 19 heavy (non-hydrogen) atoms. The second kappa shape index (κ2) is 4.83. The molecule has 1 aromatic carbocycles. The second-order valence-corrected chi connectivity index (χ2v) is 4.80. The molecule has 0 heterocycles. The van der Waals surface area contributed by atoms with Crippen LogP contribution in [0.15, 0.2) is 12.1 Å². The number of anilines is 1. The standard InChI is InChI=1S/C12H14FN3O3/c1-6-4-7(6)5-15-12(17)10-8(13)2-3-9(11(10)14)16(18)19/h2-3,6-7H,4-5,14H2,1H3,(H,15,17). The van der Waals surface area contributed by atoms with Crippen LogP contribution in [0.5, 0.6) is 0 Å². The molecule has 1 amide bonds. The van der Waals surface area contributed by atoms with Crippen molar-refractivity contribution in [1.29, 1.82) is 0 Å². The minimum atomic E-state index is -0.857. The first-order chi connectivity index (χ1) is 8.91. The lowest BCUT2D eigenvalue weighted by molar-refractivity contribution is -0.384. The van der Waals surface area contributed by atoms with Crippen molar-refractivity contribution in [3.05, 3.63) is 33.6 Å². The van der Waals surface area contributed by atoms with Crippen LogP contribution in [-0.4, -0.2) is 17.4 Å². The summed E-state index contributed by atoms with van der Waals surface area (Å²) in [6, 6.07) is 1.83. The van der Waals surface area contributed by atoms with E-state index in [0.29, 0.717) is 18.4 Å². The van der Waals surface area contributed by atoms with Gasteiger partial charge in [0.15, 0.2) is 0 Å². The number of nitro benzene ring substituents is 1. The van der Waals surface area contributed by atoms with Gasteiger partial charge in [-0.15, -0.1) is 0 Å². The number of halogens is 1. The molecule has 0 aromatic heterocycles.